The van der Waals surface area contributed by atoms with Gasteiger partial charge in [0.25, 0.3) is 5.69 Å². The minimum Gasteiger partial charge on any atom is -0.308 e. The number of nitrogens with zero attached hydrogens (tertiary/aromatic N) is 3. The molecule has 1 aromatic carbocycles. The Morgan fingerprint density at radius 2 is 1.86 bits per heavy atom. The maximum Gasteiger partial charge on any atom is 0.269 e. The molecule has 0 saturated heterocycles. The third-order valence-electron chi connectivity index (χ3n) is 3.41. The second-order valence-electron chi connectivity index (χ2n) is 5.40. The maximum atomic E-state index is 12.3. The number of benzene rings is 1. The standard InChI is InChI=1S/C15H23N3O3/c1-5-17(12(2)10-16(3)4)11-15(19)13-6-8-14(9-7-13)18(20)21/h6-9,12H,5,10-11H2,1-4H3. The van der Waals surface area contributed by atoms with Crippen molar-refractivity contribution in [2.24, 2.45) is 0 Å². The molecule has 0 bridgehead atoms. The lowest BCUT2D eigenvalue weighted by Crippen LogP contribution is -2.42. The first kappa shape index (κ1) is 17.3. The van der Waals surface area contributed by atoms with E-state index in [0.29, 0.717) is 12.1 Å². The highest BCUT2D eigenvalue weighted by molar-refractivity contribution is 5.97. The second kappa shape index (κ2) is 7.85. The Morgan fingerprint density at radius 1 is 1.29 bits per heavy atom. The van der Waals surface area contributed by atoms with Gasteiger partial charge in [0.1, 0.15) is 0 Å². The molecule has 21 heavy (non-hydrogen) atoms. The molecule has 0 aliphatic heterocycles. The van der Waals surface area contributed by atoms with Gasteiger partial charge in [-0.05, 0) is 39.7 Å². The molecule has 0 aromatic heterocycles. The van der Waals surface area contributed by atoms with Crippen molar-refractivity contribution in [3.63, 3.8) is 0 Å². The van der Waals surface area contributed by atoms with Crippen molar-refractivity contribution in [2.75, 3.05) is 33.7 Å². The van der Waals surface area contributed by atoms with Gasteiger partial charge < -0.3 is 4.90 Å². The third kappa shape index (κ3) is 5.24. The molecule has 1 aromatic rings. The highest BCUT2D eigenvalue weighted by Crippen LogP contribution is 2.13. The first-order valence-corrected chi connectivity index (χ1v) is 7.01. The van der Waals surface area contributed by atoms with Crippen LogP contribution in [-0.2, 0) is 0 Å². The van der Waals surface area contributed by atoms with Crippen molar-refractivity contribution >= 4 is 11.5 Å². The van der Waals surface area contributed by atoms with Crippen LogP contribution in [0.25, 0.3) is 0 Å². The highest BCUT2D eigenvalue weighted by atomic mass is 16.6. The summed E-state index contributed by atoms with van der Waals surface area (Å²) in [5.74, 6) is -0.0163. The van der Waals surface area contributed by atoms with Crippen molar-refractivity contribution in [3.8, 4) is 0 Å². The van der Waals surface area contributed by atoms with Gasteiger partial charge in [0.15, 0.2) is 5.78 Å². The molecule has 0 aliphatic carbocycles. The molecule has 0 fully saturated rings. The zero-order valence-electron chi connectivity index (χ0n) is 13.1. The topological polar surface area (TPSA) is 66.7 Å². The summed E-state index contributed by atoms with van der Waals surface area (Å²) in [6, 6.07) is 6.04. The number of nitro benzene ring substituents is 1. The van der Waals surface area contributed by atoms with Crippen LogP contribution in [0.5, 0.6) is 0 Å². The van der Waals surface area contributed by atoms with E-state index in [2.05, 4.69) is 16.7 Å². The Balaban J connectivity index is 2.71. The average molecular weight is 293 g/mol. The first-order valence-electron chi connectivity index (χ1n) is 7.01. The summed E-state index contributed by atoms with van der Waals surface area (Å²) in [6.07, 6.45) is 0. The molecule has 6 heteroatoms. The Morgan fingerprint density at radius 3 is 2.29 bits per heavy atom. The molecule has 1 unspecified atom stereocenters. The quantitative estimate of drug-likeness (QED) is 0.417. The summed E-state index contributed by atoms with van der Waals surface area (Å²) < 4.78 is 0. The molecule has 6 nitrogen and oxygen atoms in total. The lowest BCUT2D eigenvalue weighted by atomic mass is 10.1. The smallest absolute Gasteiger partial charge is 0.269 e. The van der Waals surface area contributed by atoms with Crippen LogP contribution >= 0.6 is 0 Å². The van der Waals surface area contributed by atoms with E-state index < -0.39 is 4.92 Å². The molecule has 0 heterocycles. The number of likely N-dealkylation sites (N-methyl/N-ethyl adjacent to an activating group) is 2. The van der Waals surface area contributed by atoms with Crippen LogP contribution in [0.15, 0.2) is 24.3 Å². The van der Waals surface area contributed by atoms with Crippen LogP contribution in [0.1, 0.15) is 24.2 Å². The number of hydrogen-bond donors (Lipinski definition) is 0. The van der Waals surface area contributed by atoms with Gasteiger partial charge in [-0.25, -0.2) is 0 Å². The van der Waals surface area contributed by atoms with E-state index in [9.17, 15) is 14.9 Å². The van der Waals surface area contributed by atoms with Crippen LogP contribution in [0.4, 0.5) is 5.69 Å². The predicted molar refractivity (Wildman–Crippen MR) is 82.7 cm³/mol. The summed E-state index contributed by atoms with van der Waals surface area (Å²) >= 11 is 0. The Labute approximate surface area is 125 Å². The number of hydrogen-bond acceptors (Lipinski definition) is 5. The second-order valence-corrected chi connectivity index (χ2v) is 5.40. The maximum absolute atomic E-state index is 12.3. The molecule has 0 amide bonds. The fraction of sp³-hybridized carbons (Fsp3) is 0.533. The summed E-state index contributed by atoms with van der Waals surface area (Å²) in [4.78, 5) is 26.6. The zero-order valence-corrected chi connectivity index (χ0v) is 13.1. The minimum absolute atomic E-state index is 0.000117. The lowest BCUT2D eigenvalue weighted by molar-refractivity contribution is -0.384. The van der Waals surface area contributed by atoms with Crippen molar-refractivity contribution in [3.05, 3.63) is 39.9 Å². The number of rotatable bonds is 8. The number of nitro groups is 1. The molecular formula is C15H23N3O3. The molecule has 1 rings (SSSR count). The van der Waals surface area contributed by atoms with Gasteiger partial charge in [0.2, 0.25) is 0 Å². The molecule has 0 saturated carbocycles. The Hall–Kier alpha value is -1.79. The molecule has 116 valence electrons. The van der Waals surface area contributed by atoms with Crippen molar-refractivity contribution in [1.82, 2.24) is 9.80 Å². The molecule has 0 N–H and O–H groups in total. The number of non-ortho nitro benzene ring substituents is 1. The van der Waals surface area contributed by atoms with Crippen LogP contribution in [0.2, 0.25) is 0 Å². The summed E-state index contributed by atoms with van der Waals surface area (Å²) in [7, 11) is 4.00. The van der Waals surface area contributed by atoms with Crippen molar-refractivity contribution in [1.29, 1.82) is 0 Å². The van der Waals surface area contributed by atoms with Crippen LogP contribution in [-0.4, -0.2) is 60.3 Å². The fourth-order valence-corrected chi connectivity index (χ4v) is 2.27. The molecule has 1 atom stereocenters. The fourth-order valence-electron chi connectivity index (χ4n) is 2.27. The van der Waals surface area contributed by atoms with E-state index in [0.717, 1.165) is 13.1 Å². The largest absolute Gasteiger partial charge is 0.308 e. The van der Waals surface area contributed by atoms with E-state index in [1.807, 2.05) is 21.0 Å². The summed E-state index contributed by atoms with van der Waals surface area (Å²) in [5, 5.41) is 10.6. The highest BCUT2D eigenvalue weighted by Gasteiger charge is 2.18. The molecule has 0 aliphatic rings. The number of ketones is 1. The van der Waals surface area contributed by atoms with Crippen molar-refractivity contribution in [2.45, 2.75) is 19.9 Å². The summed E-state index contributed by atoms with van der Waals surface area (Å²) in [6.45, 7) is 6.10. The van der Waals surface area contributed by atoms with Gasteiger partial charge in [-0.15, -0.1) is 0 Å². The lowest BCUT2D eigenvalue weighted by Gasteiger charge is -2.29. The predicted octanol–water partition coefficient (Wildman–Crippen LogP) is 2.05. The van der Waals surface area contributed by atoms with E-state index in [1.165, 1.54) is 24.3 Å². The monoisotopic (exact) mass is 293 g/mol. The van der Waals surface area contributed by atoms with E-state index >= 15 is 0 Å². The van der Waals surface area contributed by atoms with Gasteiger partial charge >= 0.3 is 0 Å². The SMILES string of the molecule is CCN(CC(=O)c1ccc([N+](=O)[O-])cc1)C(C)CN(C)C. The van der Waals surface area contributed by atoms with Crippen molar-refractivity contribution < 1.29 is 9.72 Å². The van der Waals surface area contributed by atoms with E-state index in [-0.39, 0.29) is 17.5 Å². The number of carbonyl (C=O) groups is 1. The summed E-state index contributed by atoms with van der Waals surface area (Å²) in [5.41, 5.74) is 0.510. The number of Topliss-reactive ketones (excluding diaryl/α,β-unsaturated/α-hetero) is 1. The van der Waals surface area contributed by atoms with E-state index in [4.69, 9.17) is 0 Å². The first-order chi connectivity index (χ1) is 9.85. The van der Waals surface area contributed by atoms with Crippen LogP contribution in [0, 0.1) is 10.1 Å². The molecule has 0 radical (unpaired) electrons. The zero-order chi connectivity index (χ0) is 16.0. The van der Waals surface area contributed by atoms with Crippen LogP contribution in [0.3, 0.4) is 0 Å². The van der Waals surface area contributed by atoms with Gasteiger partial charge in [-0.2, -0.15) is 0 Å². The van der Waals surface area contributed by atoms with Gasteiger partial charge in [-0.3, -0.25) is 19.8 Å². The van der Waals surface area contributed by atoms with Gasteiger partial charge in [0, 0.05) is 30.3 Å². The normalized spacial score (nSPS) is 12.7. The van der Waals surface area contributed by atoms with Gasteiger partial charge in [-0.1, -0.05) is 6.92 Å². The van der Waals surface area contributed by atoms with Gasteiger partial charge in [0.05, 0.1) is 11.5 Å². The third-order valence-corrected chi connectivity index (χ3v) is 3.41. The Kier molecular flexibility index (Phi) is 6.45. The number of carbonyl (C=O) groups excluding carboxylic acids is 1. The van der Waals surface area contributed by atoms with E-state index in [1.54, 1.807) is 0 Å². The minimum atomic E-state index is -0.467. The molecular weight excluding hydrogens is 270 g/mol. The Bertz CT molecular complexity index is 485. The van der Waals surface area contributed by atoms with Crippen LogP contribution < -0.4 is 0 Å². The average Bonchev–Trinajstić information content (AvgIpc) is 2.43. The molecule has 0 spiro atoms.